The summed E-state index contributed by atoms with van der Waals surface area (Å²) in [6.07, 6.45) is 22.9. The standard InChI is InChI=1S/C18H33N/c1-4-10-16(11-5-1)19(17-12-6-2-7-13-17)18-14-8-3-9-15-18/h16-18H,1-15H2/p+1. The summed E-state index contributed by atoms with van der Waals surface area (Å²) in [6.45, 7) is 0. The summed E-state index contributed by atoms with van der Waals surface area (Å²) in [6, 6.07) is 3.12. The molecule has 0 bridgehead atoms. The van der Waals surface area contributed by atoms with Crippen LogP contribution in [-0.2, 0) is 0 Å². The van der Waals surface area contributed by atoms with Gasteiger partial charge in [0.1, 0.15) is 0 Å². The zero-order valence-electron chi connectivity index (χ0n) is 12.8. The van der Waals surface area contributed by atoms with Crippen LogP contribution in [0.25, 0.3) is 0 Å². The van der Waals surface area contributed by atoms with Crippen molar-refractivity contribution in [2.75, 3.05) is 0 Å². The highest BCUT2D eigenvalue weighted by molar-refractivity contribution is 4.74. The minimum atomic E-state index is 1.04. The molecule has 1 heteroatoms. The quantitative estimate of drug-likeness (QED) is 0.789. The van der Waals surface area contributed by atoms with Gasteiger partial charge >= 0.3 is 0 Å². The molecule has 0 unspecified atom stereocenters. The van der Waals surface area contributed by atoms with E-state index >= 15 is 0 Å². The number of nitrogens with one attached hydrogen (secondary N) is 1. The lowest BCUT2D eigenvalue weighted by Crippen LogP contribution is -3.22. The molecule has 3 aliphatic rings. The predicted octanol–water partition coefficient (Wildman–Crippen LogP) is 3.87. The molecular formula is C18H34N+. The van der Waals surface area contributed by atoms with E-state index in [4.69, 9.17) is 0 Å². The largest absolute Gasteiger partial charge is 0.328 e. The van der Waals surface area contributed by atoms with Gasteiger partial charge in [0, 0.05) is 0 Å². The van der Waals surface area contributed by atoms with Gasteiger partial charge in [0.25, 0.3) is 0 Å². The van der Waals surface area contributed by atoms with Gasteiger partial charge in [-0.2, -0.15) is 0 Å². The smallest absolute Gasteiger partial charge is 0.0878 e. The van der Waals surface area contributed by atoms with Crippen LogP contribution in [0.3, 0.4) is 0 Å². The lowest BCUT2D eigenvalue weighted by atomic mass is 9.84. The Bertz CT molecular complexity index is 202. The highest BCUT2D eigenvalue weighted by Gasteiger charge is 2.37. The van der Waals surface area contributed by atoms with E-state index in [9.17, 15) is 0 Å². The summed E-state index contributed by atoms with van der Waals surface area (Å²) in [5, 5.41) is 0. The fraction of sp³-hybridized carbons (Fsp3) is 1.00. The third-order valence-corrected chi connectivity index (χ3v) is 6.23. The molecule has 3 rings (SSSR count). The summed E-state index contributed by atoms with van der Waals surface area (Å²) in [7, 11) is 0. The van der Waals surface area contributed by atoms with Gasteiger partial charge in [-0.05, 0) is 77.0 Å². The van der Waals surface area contributed by atoms with E-state index in [2.05, 4.69) is 4.90 Å². The van der Waals surface area contributed by atoms with Gasteiger partial charge in [0.05, 0.1) is 18.1 Å². The fourth-order valence-corrected chi connectivity index (χ4v) is 5.31. The highest BCUT2D eigenvalue weighted by Crippen LogP contribution is 2.23. The second kappa shape index (κ2) is 7.11. The molecule has 0 saturated heterocycles. The van der Waals surface area contributed by atoms with E-state index < -0.39 is 0 Å². The SMILES string of the molecule is C1CCC([NH+](C2CCCCC2)C2CCCCC2)CC1. The molecule has 3 fully saturated rings. The van der Waals surface area contributed by atoms with E-state index in [1.807, 2.05) is 0 Å². The van der Waals surface area contributed by atoms with Gasteiger partial charge in [-0.1, -0.05) is 19.3 Å². The maximum Gasteiger partial charge on any atom is 0.0878 e. The zero-order chi connectivity index (χ0) is 12.9. The Morgan fingerprint density at radius 3 is 0.895 bits per heavy atom. The minimum Gasteiger partial charge on any atom is -0.328 e. The summed E-state index contributed by atoms with van der Waals surface area (Å²) in [5.41, 5.74) is 0. The van der Waals surface area contributed by atoms with E-state index in [-0.39, 0.29) is 0 Å². The second-order valence-corrected chi connectivity index (χ2v) is 7.50. The van der Waals surface area contributed by atoms with Crippen LogP contribution in [0, 0.1) is 0 Å². The minimum absolute atomic E-state index is 1.04. The molecule has 0 heterocycles. The maximum absolute atomic E-state index is 2.11. The Morgan fingerprint density at radius 2 is 0.632 bits per heavy atom. The fourth-order valence-electron chi connectivity index (χ4n) is 5.31. The van der Waals surface area contributed by atoms with Gasteiger partial charge < -0.3 is 4.90 Å². The molecule has 0 aromatic heterocycles. The molecule has 3 saturated carbocycles. The Morgan fingerprint density at radius 1 is 0.368 bits per heavy atom. The van der Waals surface area contributed by atoms with Gasteiger partial charge in [-0.3, -0.25) is 0 Å². The third-order valence-electron chi connectivity index (χ3n) is 6.23. The molecule has 0 atom stereocenters. The van der Waals surface area contributed by atoms with Gasteiger partial charge in [0.15, 0.2) is 0 Å². The van der Waals surface area contributed by atoms with Gasteiger partial charge in [-0.25, -0.2) is 0 Å². The van der Waals surface area contributed by atoms with Crippen molar-refractivity contribution < 1.29 is 4.90 Å². The lowest BCUT2D eigenvalue weighted by Gasteiger charge is -2.44. The highest BCUT2D eigenvalue weighted by atomic mass is 15.2. The summed E-state index contributed by atoms with van der Waals surface area (Å²) in [5.74, 6) is 0. The first-order chi connectivity index (χ1) is 9.45. The average molecular weight is 264 g/mol. The molecule has 0 aliphatic heterocycles. The van der Waals surface area contributed by atoms with Crippen LogP contribution in [0.4, 0.5) is 0 Å². The van der Waals surface area contributed by atoms with Crippen molar-refractivity contribution in [3.63, 3.8) is 0 Å². The van der Waals surface area contributed by atoms with Crippen LogP contribution in [0.2, 0.25) is 0 Å². The van der Waals surface area contributed by atoms with E-state index in [0.29, 0.717) is 0 Å². The third kappa shape index (κ3) is 3.54. The molecular weight excluding hydrogens is 230 g/mol. The summed E-state index contributed by atoms with van der Waals surface area (Å²) >= 11 is 0. The lowest BCUT2D eigenvalue weighted by molar-refractivity contribution is -0.976. The van der Waals surface area contributed by atoms with Crippen LogP contribution in [0.1, 0.15) is 96.3 Å². The van der Waals surface area contributed by atoms with Crippen molar-refractivity contribution in [2.45, 2.75) is 114 Å². The van der Waals surface area contributed by atoms with E-state index in [0.717, 1.165) is 18.1 Å². The topological polar surface area (TPSA) is 4.44 Å². The van der Waals surface area contributed by atoms with Crippen molar-refractivity contribution in [1.82, 2.24) is 0 Å². The number of quaternary nitrogens is 1. The van der Waals surface area contributed by atoms with Crippen molar-refractivity contribution in [2.24, 2.45) is 0 Å². The van der Waals surface area contributed by atoms with E-state index in [1.165, 1.54) is 57.8 Å². The predicted molar refractivity (Wildman–Crippen MR) is 81.6 cm³/mol. The first-order valence-electron chi connectivity index (χ1n) is 9.32. The normalized spacial score (nSPS) is 28.9. The summed E-state index contributed by atoms with van der Waals surface area (Å²) < 4.78 is 0. The Balaban J connectivity index is 1.68. The molecule has 0 amide bonds. The van der Waals surface area contributed by atoms with Crippen molar-refractivity contribution in [3.8, 4) is 0 Å². The summed E-state index contributed by atoms with van der Waals surface area (Å²) in [4.78, 5) is 2.11. The first-order valence-corrected chi connectivity index (χ1v) is 9.32. The molecule has 0 aromatic rings. The van der Waals surface area contributed by atoms with Crippen LogP contribution in [-0.4, -0.2) is 18.1 Å². The number of hydrogen-bond donors (Lipinski definition) is 1. The average Bonchev–Trinajstić information content (AvgIpc) is 2.51. The first kappa shape index (κ1) is 13.9. The maximum atomic E-state index is 2.11. The number of hydrogen-bond acceptors (Lipinski definition) is 0. The van der Waals surface area contributed by atoms with Crippen LogP contribution in [0.5, 0.6) is 0 Å². The number of rotatable bonds is 3. The Hall–Kier alpha value is -0.0400. The monoisotopic (exact) mass is 264 g/mol. The van der Waals surface area contributed by atoms with Crippen molar-refractivity contribution >= 4 is 0 Å². The molecule has 0 spiro atoms. The van der Waals surface area contributed by atoms with Crippen molar-refractivity contribution in [1.29, 1.82) is 0 Å². The Kier molecular flexibility index (Phi) is 5.21. The Labute approximate surface area is 120 Å². The molecule has 3 aliphatic carbocycles. The second-order valence-electron chi connectivity index (χ2n) is 7.50. The van der Waals surface area contributed by atoms with Gasteiger partial charge in [-0.15, -0.1) is 0 Å². The molecule has 0 radical (unpaired) electrons. The molecule has 0 aromatic carbocycles. The molecule has 19 heavy (non-hydrogen) atoms. The van der Waals surface area contributed by atoms with Crippen molar-refractivity contribution in [3.05, 3.63) is 0 Å². The van der Waals surface area contributed by atoms with Crippen LogP contribution in [0.15, 0.2) is 0 Å². The molecule has 1 nitrogen and oxygen atoms in total. The zero-order valence-corrected chi connectivity index (χ0v) is 12.8. The molecule has 1 N–H and O–H groups in total. The molecule has 110 valence electrons. The van der Waals surface area contributed by atoms with Crippen LogP contribution < -0.4 is 4.90 Å². The van der Waals surface area contributed by atoms with Gasteiger partial charge in [0.2, 0.25) is 0 Å². The van der Waals surface area contributed by atoms with Crippen LogP contribution >= 0.6 is 0 Å². The van der Waals surface area contributed by atoms with E-state index in [1.54, 1.807) is 38.5 Å².